The molecule has 2 heteroatoms. The number of benzene rings is 2. The Morgan fingerprint density at radius 1 is 0.833 bits per heavy atom. The number of aromatic hydroxyl groups is 2. The topological polar surface area (TPSA) is 40.5 Å². The first-order valence-corrected chi connectivity index (χ1v) is 6.29. The average molecular weight is 242 g/mol. The summed E-state index contributed by atoms with van der Waals surface area (Å²) in [6.45, 7) is 4.09. The molecule has 0 amide bonds. The Labute approximate surface area is 108 Å². The molecule has 2 aromatic rings. The standard InChI is InChI=1S/C16H18O2/c1-3-11-10-14(17)6-7-15(11)13-5-8-16(18)12(4-2)9-13/h5-10,17-18H,3-4H2,1-2H3. The van der Waals surface area contributed by atoms with Gasteiger partial charge in [0.05, 0.1) is 0 Å². The van der Waals surface area contributed by atoms with Crippen LogP contribution in [0.5, 0.6) is 11.5 Å². The highest BCUT2D eigenvalue weighted by Gasteiger charge is 2.07. The van der Waals surface area contributed by atoms with Gasteiger partial charge in [-0.2, -0.15) is 0 Å². The van der Waals surface area contributed by atoms with Gasteiger partial charge >= 0.3 is 0 Å². The molecule has 94 valence electrons. The summed E-state index contributed by atoms with van der Waals surface area (Å²) in [5.74, 6) is 0.642. The zero-order valence-corrected chi connectivity index (χ0v) is 10.8. The van der Waals surface area contributed by atoms with E-state index in [0.717, 1.165) is 35.1 Å². The summed E-state index contributed by atoms with van der Waals surface area (Å²) in [6, 6.07) is 11.1. The molecular formula is C16H18O2. The smallest absolute Gasteiger partial charge is 0.118 e. The van der Waals surface area contributed by atoms with Crippen molar-refractivity contribution in [2.75, 3.05) is 0 Å². The molecule has 0 radical (unpaired) electrons. The van der Waals surface area contributed by atoms with Crippen LogP contribution in [-0.2, 0) is 12.8 Å². The predicted molar refractivity (Wildman–Crippen MR) is 74.0 cm³/mol. The lowest BCUT2D eigenvalue weighted by Crippen LogP contribution is -1.89. The van der Waals surface area contributed by atoms with Crippen LogP contribution < -0.4 is 0 Å². The lowest BCUT2D eigenvalue weighted by Gasteiger charge is -2.11. The van der Waals surface area contributed by atoms with Gasteiger partial charge in [0.25, 0.3) is 0 Å². The SMILES string of the molecule is CCc1cc(-c2ccc(O)cc2CC)ccc1O. The molecule has 0 aliphatic carbocycles. The van der Waals surface area contributed by atoms with E-state index < -0.39 is 0 Å². The second-order valence-electron chi connectivity index (χ2n) is 4.39. The Hall–Kier alpha value is -1.96. The quantitative estimate of drug-likeness (QED) is 0.857. The molecule has 18 heavy (non-hydrogen) atoms. The molecule has 0 aromatic heterocycles. The third kappa shape index (κ3) is 2.33. The summed E-state index contributed by atoms with van der Waals surface area (Å²) in [7, 11) is 0. The molecule has 0 spiro atoms. The predicted octanol–water partition coefficient (Wildman–Crippen LogP) is 3.89. The van der Waals surface area contributed by atoms with E-state index in [-0.39, 0.29) is 0 Å². The van der Waals surface area contributed by atoms with Gasteiger partial charge in [0.1, 0.15) is 11.5 Å². The highest BCUT2D eigenvalue weighted by atomic mass is 16.3. The van der Waals surface area contributed by atoms with Crippen LogP contribution in [0, 0.1) is 0 Å². The third-order valence-corrected chi connectivity index (χ3v) is 3.24. The van der Waals surface area contributed by atoms with Gasteiger partial charge in [0, 0.05) is 0 Å². The highest BCUT2D eigenvalue weighted by molar-refractivity contribution is 5.70. The Kier molecular flexibility index (Phi) is 3.56. The fourth-order valence-corrected chi connectivity index (χ4v) is 2.19. The largest absolute Gasteiger partial charge is 0.508 e. The first kappa shape index (κ1) is 12.5. The van der Waals surface area contributed by atoms with Crippen LogP contribution in [-0.4, -0.2) is 10.2 Å². The van der Waals surface area contributed by atoms with Crippen LogP contribution in [0.4, 0.5) is 0 Å². The van der Waals surface area contributed by atoms with Crippen molar-refractivity contribution < 1.29 is 10.2 Å². The number of phenolic OH excluding ortho intramolecular Hbond substituents is 2. The van der Waals surface area contributed by atoms with E-state index >= 15 is 0 Å². The van der Waals surface area contributed by atoms with Gasteiger partial charge in [0.2, 0.25) is 0 Å². The van der Waals surface area contributed by atoms with Crippen LogP contribution in [0.25, 0.3) is 11.1 Å². The number of hydrogen-bond donors (Lipinski definition) is 2. The van der Waals surface area contributed by atoms with Crippen LogP contribution in [0.1, 0.15) is 25.0 Å². The van der Waals surface area contributed by atoms with Crippen molar-refractivity contribution >= 4 is 0 Å². The molecule has 0 aliphatic rings. The Morgan fingerprint density at radius 3 is 2.22 bits per heavy atom. The zero-order chi connectivity index (χ0) is 13.1. The van der Waals surface area contributed by atoms with Gasteiger partial charge in [0.15, 0.2) is 0 Å². The summed E-state index contributed by atoms with van der Waals surface area (Å²) < 4.78 is 0. The summed E-state index contributed by atoms with van der Waals surface area (Å²) in [6.07, 6.45) is 1.67. The molecule has 0 bridgehead atoms. The first-order chi connectivity index (χ1) is 8.65. The van der Waals surface area contributed by atoms with E-state index in [0.29, 0.717) is 11.5 Å². The average Bonchev–Trinajstić information content (AvgIpc) is 2.39. The van der Waals surface area contributed by atoms with Crippen molar-refractivity contribution in [1.29, 1.82) is 0 Å². The molecule has 2 aromatic carbocycles. The molecule has 2 nitrogen and oxygen atoms in total. The molecule has 0 saturated heterocycles. The maximum atomic E-state index is 9.71. The van der Waals surface area contributed by atoms with E-state index in [9.17, 15) is 10.2 Å². The molecular weight excluding hydrogens is 224 g/mol. The summed E-state index contributed by atoms with van der Waals surface area (Å²) in [5.41, 5.74) is 4.26. The van der Waals surface area contributed by atoms with Gasteiger partial charge < -0.3 is 10.2 Å². The molecule has 0 atom stereocenters. The van der Waals surface area contributed by atoms with Crippen LogP contribution >= 0.6 is 0 Å². The van der Waals surface area contributed by atoms with Crippen molar-refractivity contribution in [3.63, 3.8) is 0 Å². The van der Waals surface area contributed by atoms with E-state index in [4.69, 9.17) is 0 Å². The first-order valence-electron chi connectivity index (χ1n) is 6.29. The minimum atomic E-state index is 0.296. The fourth-order valence-electron chi connectivity index (χ4n) is 2.19. The molecule has 0 saturated carbocycles. The second-order valence-corrected chi connectivity index (χ2v) is 4.39. The molecule has 0 heterocycles. The highest BCUT2D eigenvalue weighted by Crippen LogP contribution is 2.30. The normalized spacial score (nSPS) is 10.6. The number of aryl methyl sites for hydroxylation is 2. The second kappa shape index (κ2) is 5.13. The van der Waals surface area contributed by atoms with E-state index in [1.165, 1.54) is 0 Å². The van der Waals surface area contributed by atoms with E-state index in [1.54, 1.807) is 18.2 Å². The Balaban J connectivity index is 2.54. The van der Waals surface area contributed by atoms with Crippen LogP contribution in [0.2, 0.25) is 0 Å². The lowest BCUT2D eigenvalue weighted by atomic mass is 9.95. The Bertz CT molecular complexity index is 559. The Morgan fingerprint density at radius 2 is 1.56 bits per heavy atom. The molecule has 0 aliphatic heterocycles. The molecule has 0 fully saturated rings. The zero-order valence-electron chi connectivity index (χ0n) is 10.8. The van der Waals surface area contributed by atoms with Crippen molar-refractivity contribution in [1.82, 2.24) is 0 Å². The van der Waals surface area contributed by atoms with Gasteiger partial charge in [-0.05, 0) is 59.4 Å². The van der Waals surface area contributed by atoms with Crippen molar-refractivity contribution in [3.8, 4) is 22.6 Å². The maximum Gasteiger partial charge on any atom is 0.118 e. The van der Waals surface area contributed by atoms with Crippen molar-refractivity contribution in [2.45, 2.75) is 26.7 Å². The van der Waals surface area contributed by atoms with Gasteiger partial charge in [-0.3, -0.25) is 0 Å². The molecule has 0 unspecified atom stereocenters. The van der Waals surface area contributed by atoms with Crippen LogP contribution in [0.3, 0.4) is 0 Å². The monoisotopic (exact) mass is 242 g/mol. The summed E-state index contributed by atoms with van der Waals surface area (Å²) in [5, 5.41) is 19.2. The minimum absolute atomic E-state index is 0.296. The minimum Gasteiger partial charge on any atom is -0.508 e. The molecule has 2 N–H and O–H groups in total. The van der Waals surface area contributed by atoms with Gasteiger partial charge in [-0.15, -0.1) is 0 Å². The van der Waals surface area contributed by atoms with E-state index in [1.807, 2.05) is 25.1 Å². The van der Waals surface area contributed by atoms with Gasteiger partial charge in [-0.1, -0.05) is 26.0 Å². The fraction of sp³-hybridized carbons (Fsp3) is 0.250. The summed E-state index contributed by atoms with van der Waals surface area (Å²) in [4.78, 5) is 0. The molecule has 2 rings (SSSR count). The van der Waals surface area contributed by atoms with Crippen molar-refractivity contribution in [3.05, 3.63) is 47.5 Å². The lowest BCUT2D eigenvalue weighted by molar-refractivity contribution is 0.469. The maximum absolute atomic E-state index is 9.71. The van der Waals surface area contributed by atoms with Gasteiger partial charge in [-0.25, -0.2) is 0 Å². The van der Waals surface area contributed by atoms with Crippen molar-refractivity contribution in [2.24, 2.45) is 0 Å². The van der Waals surface area contributed by atoms with Crippen LogP contribution in [0.15, 0.2) is 36.4 Å². The number of phenols is 2. The number of rotatable bonds is 3. The summed E-state index contributed by atoms with van der Waals surface area (Å²) >= 11 is 0. The van der Waals surface area contributed by atoms with E-state index in [2.05, 4.69) is 6.92 Å². The number of hydrogen-bond acceptors (Lipinski definition) is 2. The third-order valence-electron chi connectivity index (χ3n) is 3.24.